The third-order valence-electron chi connectivity index (χ3n) is 2.66. The van der Waals surface area contributed by atoms with Crippen LogP contribution in [0.2, 0.25) is 0 Å². The van der Waals surface area contributed by atoms with Crippen LogP contribution in [0.1, 0.15) is 17.3 Å². The van der Waals surface area contributed by atoms with Crippen LogP contribution in [-0.2, 0) is 10.8 Å². The van der Waals surface area contributed by atoms with Gasteiger partial charge in [0.05, 0.1) is 11.3 Å². The van der Waals surface area contributed by atoms with Crippen LogP contribution in [0.4, 0.5) is 10.5 Å². The average Bonchev–Trinajstić information content (AvgIpc) is 2.36. The molecule has 0 heterocycles. The van der Waals surface area contributed by atoms with Crippen LogP contribution in [0.15, 0.2) is 24.3 Å². The molecule has 1 aromatic carbocycles. The summed E-state index contributed by atoms with van der Waals surface area (Å²) in [5.74, 6) is -0.747. The van der Waals surface area contributed by atoms with Gasteiger partial charge in [0.1, 0.15) is 0 Å². The molecule has 2 amide bonds. The summed E-state index contributed by atoms with van der Waals surface area (Å²) in [6.07, 6.45) is 1.56. The number of carbonyl (C=O) groups is 2. The first-order valence-corrected chi connectivity index (χ1v) is 7.72. The van der Waals surface area contributed by atoms with Gasteiger partial charge in [0.15, 0.2) is 0 Å². The molecule has 0 saturated heterocycles. The number of rotatable bonds is 5. The van der Waals surface area contributed by atoms with Crippen molar-refractivity contribution in [1.82, 2.24) is 5.32 Å². The minimum Gasteiger partial charge on any atom is -0.478 e. The van der Waals surface area contributed by atoms with Crippen LogP contribution in [-0.4, -0.2) is 46.4 Å². The van der Waals surface area contributed by atoms with Crippen LogP contribution in [0.5, 0.6) is 0 Å². The minimum absolute atomic E-state index is 0.0527. The second-order valence-corrected chi connectivity index (χ2v) is 5.95. The van der Waals surface area contributed by atoms with Gasteiger partial charge in [0.25, 0.3) is 0 Å². The zero-order chi connectivity index (χ0) is 15.3. The lowest BCUT2D eigenvalue weighted by molar-refractivity contribution is 0.0697. The molecule has 1 rings (SSSR count). The van der Waals surface area contributed by atoms with Gasteiger partial charge < -0.3 is 10.4 Å². The van der Waals surface area contributed by atoms with Crippen LogP contribution < -0.4 is 10.2 Å². The van der Waals surface area contributed by atoms with Crippen molar-refractivity contribution in [3.05, 3.63) is 29.8 Å². The number of amides is 2. The number of aromatic carboxylic acids is 1. The maximum atomic E-state index is 12.0. The fourth-order valence-corrected chi connectivity index (χ4v) is 2.55. The van der Waals surface area contributed by atoms with E-state index in [1.165, 1.54) is 18.0 Å². The maximum absolute atomic E-state index is 12.0. The lowest BCUT2D eigenvalue weighted by Gasteiger charge is -2.22. The van der Waals surface area contributed by atoms with Crippen molar-refractivity contribution in [1.29, 1.82) is 0 Å². The number of nitrogens with one attached hydrogen (secondary N) is 1. The number of benzene rings is 1. The van der Waals surface area contributed by atoms with Crippen molar-refractivity contribution >= 4 is 28.5 Å². The van der Waals surface area contributed by atoms with E-state index in [0.717, 1.165) is 0 Å². The van der Waals surface area contributed by atoms with E-state index < -0.39 is 22.8 Å². The Morgan fingerprint density at radius 2 is 2.00 bits per heavy atom. The Morgan fingerprint density at radius 3 is 2.55 bits per heavy atom. The quantitative estimate of drug-likeness (QED) is 0.857. The van der Waals surface area contributed by atoms with E-state index in [4.69, 9.17) is 5.11 Å². The number of carboxylic acids is 1. The molecule has 2 atom stereocenters. The molecule has 0 aromatic heterocycles. The first-order valence-electron chi connectivity index (χ1n) is 5.99. The number of hydrogen-bond acceptors (Lipinski definition) is 3. The Morgan fingerprint density at radius 1 is 1.40 bits per heavy atom. The number of hydrogen-bond donors (Lipinski definition) is 2. The van der Waals surface area contributed by atoms with Crippen LogP contribution in [0.3, 0.4) is 0 Å². The molecule has 7 heteroatoms. The number of para-hydroxylation sites is 1. The Bertz CT molecular complexity index is 533. The third-order valence-corrected chi connectivity index (χ3v) is 3.62. The van der Waals surface area contributed by atoms with Gasteiger partial charge >= 0.3 is 12.0 Å². The lowest BCUT2D eigenvalue weighted by Crippen LogP contribution is -2.44. The van der Waals surface area contributed by atoms with Crippen molar-refractivity contribution in [2.45, 2.75) is 13.0 Å². The molecule has 110 valence electrons. The molecule has 6 nitrogen and oxygen atoms in total. The van der Waals surface area contributed by atoms with E-state index >= 15 is 0 Å². The van der Waals surface area contributed by atoms with Crippen molar-refractivity contribution < 1.29 is 18.9 Å². The molecule has 0 spiro atoms. The molecule has 0 fully saturated rings. The fourth-order valence-electron chi connectivity index (χ4n) is 1.76. The number of nitrogens with zero attached hydrogens (tertiary/aromatic N) is 1. The van der Waals surface area contributed by atoms with E-state index in [1.54, 1.807) is 31.4 Å². The van der Waals surface area contributed by atoms with Gasteiger partial charge in [-0.3, -0.25) is 9.11 Å². The van der Waals surface area contributed by atoms with E-state index in [1.807, 2.05) is 0 Å². The van der Waals surface area contributed by atoms with Gasteiger partial charge in [-0.25, -0.2) is 9.59 Å². The second kappa shape index (κ2) is 7.04. The molecule has 0 bridgehead atoms. The highest BCUT2D eigenvalue weighted by atomic mass is 32.2. The number of anilines is 1. The van der Waals surface area contributed by atoms with Crippen molar-refractivity contribution in [2.24, 2.45) is 0 Å². The summed E-state index contributed by atoms with van der Waals surface area (Å²) in [7, 11) is 0.484. The Hall–Kier alpha value is -1.89. The number of urea groups is 1. The maximum Gasteiger partial charge on any atom is 0.337 e. The summed E-state index contributed by atoms with van der Waals surface area (Å²) in [5, 5.41) is 11.8. The molecule has 2 unspecified atom stereocenters. The second-order valence-electron chi connectivity index (χ2n) is 4.47. The summed E-state index contributed by atoms with van der Waals surface area (Å²) in [5.41, 5.74) is 0.360. The molecule has 0 aliphatic heterocycles. The highest BCUT2D eigenvalue weighted by Gasteiger charge is 2.19. The van der Waals surface area contributed by atoms with Gasteiger partial charge in [-0.15, -0.1) is 0 Å². The minimum atomic E-state index is -1.09. The number of carbonyl (C=O) groups excluding carboxylic acids is 1. The predicted molar refractivity (Wildman–Crippen MR) is 78.7 cm³/mol. The molecule has 0 radical (unpaired) electrons. The van der Waals surface area contributed by atoms with E-state index in [-0.39, 0.29) is 11.6 Å². The Kier molecular flexibility index (Phi) is 5.69. The highest BCUT2D eigenvalue weighted by Crippen LogP contribution is 2.19. The molecule has 2 N–H and O–H groups in total. The Labute approximate surface area is 120 Å². The highest BCUT2D eigenvalue weighted by molar-refractivity contribution is 7.84. The Balaban J connectivity index is 2.84. The summed E-state index contributed by atoms with van der Waals surface area (Å²) in [4.78, 5) is 24.4. The summed E-state index contributed by atoms with van der Waals surface area (Å²) in [6.45, 7) is 1.75. The molecular formula is C13H18N2O4S. The van der Waals surface area contributed by atoms with Crippen molar-refractivity contribution in [3.63, 3.8) is 0 Å². The van der Waals surface area contributed by atoms with Gasteiger partial charge in [-0.1, -0.05) is 12.1 Å². The summed E-state index contributed by atoms with van der Waals surface area (Å²) < 4.78 is 11.1. The van der Waals surface area contributed by atoms with Crippen molar-refractivity contribution in [3.8, 4) is 0 Å². The SMILES string of the molecule is CC(CS(C)=O)NC(=O)N(C)c1ccccc1C(=O)O. The predicted octanol–water partition coefficient (Wildman–Crippen LogP) is 1.30. The molecule has 0 aliphatic rings. The fraction of sp³-hybridized carbons (Fsp3) is 0.385. The van der Waals surface area contributed by atoms with Crippen molar-refractivity contribution in [2.75, 3.05) is 24.0 Å². The van der Waals surface area contributed by atoms with E-state index in [9.17, 15) is 13.8 Å². The monoisotopic (exact) mass is 298 g/mol. The largest absolute Gasteiger partial charge is 0.478 e. The number of carboxylic acid groups (broad SMARTS) is 1. The molecule has 0 aliphatic carbocycles. The average molecular weight is 298 g/mol. The summed E-state index contributed by atoms with van der Waals surface area (Å²) in [6, 6.07) is 5.57. The van der Waals surface area contributed by atoms with Crippen LogP contribution in [0.25, 0.3) is 0 Å². The standard InChI is InChI=1S/C13H18N2O4S/c1-9(8-20(3)19)14-13(18)15(2)11-7-5-4-6-10(11)12(16)17/h4-7,9H,8H2,1-3H3,(H,14,18)(H,16,17). The van der Waals surface area contributed by atoms with Gasteiger partial charge in [0, 0.05) is 35.9 Å². The van der Waals surface area contributed by atoms with Gasteiger partial charge in [0.2, 0.25) is 0 Å². The normalized spacial score (nSPS) is 13.3. The lowest BCUT2D eigenvalue weighted by atomic mass is 10.1. The van der Waals surface area contributed by atoms with E-state index in [2.05, 4.69) is 5.32 Å². The molecular weight excluding hydrogens is 280 g/mol. The van der Waals surface area contributed by atoms with E-state index in [0.29, 0.717) is 11.4 Å². The zero-order valence-corrected chi connectivity index (χ0v) is 12.4. The van der Waals surface area contributed by atoms with Gasteiger partial charge in [-0.05, 0) is 19.1 Å². The van der Waals surface area contributed by atoms with Crippen LogP contribution >= 0.6 is 0 Å². The van der Waals surface area contributed by atoms with Crippen LogP contribution in [0, 0.1) is 0 Å². The third kappa shape index (κ3) is 4.34. The molecule has 0 saturated carbocycles. The molecule has 1 aromatic rings. The first kappa shape index (κ1) is 16.2. The molecule has 20 heavy (non-hydrogen) atoms. The first-order chi connectivity index (χ1) is 9.32. The van der Waals surface area contributed by atoms with Gasteiger partial charge in [-0.2, -0.15) is 0 Å². The zero-order valence-electron chi connectivity index (χ0n) is 11.6. The topological polar surface area (TPSA) is 86.7 Å². The summed E-state index contributed by atoms with van der Waals surface area (Å²) >= 11 is 0. The smallest absolute Gasteiger partial charge is 0.337 e.